The summed E-state index contributed by atoms with van der Waals surface area (Å²) >= 11 is 4.12. The van der Waals surface area contributed by atoms with Crippen LogP contribution in [0.2, 0.25) is 0 Å². The summed E-state index contributed by atoms with van der Waals surface area (Å²) in [5.74, 6) is -0.985. The molecular formula is C6H14N2O2S. The zero-order chi connectivity index (χ0) is 8.85. The Morgan fingerprint density at radius 2 is 2.18 bits per heavy atom. The Kier molecular flexibility index (Phi) is 5.27. The molecule has 11 heavy (non-hydrogen) atoms. The normalized spacial score (nSPS) is 15.9. The minimum atomic E-state index is -0.985. The summed E-state index contributed by atoms with van der Waals surface area (Å²) in [4.78, 5) is 10.2. The lowest BCUT2D eigenvalue weighted by Gasteiger charge is -2.11. The van der Waals surface area contributed by atoms with Crippen molar-refractivity contribution in [2.45, 2.75) is 24.1 Å². The van der Waals surface area contributed by atoms with Crippen LogP contribution in [0.15, 0.2) is 0 Å². The molecule has 5 heteroatoms. The molecule has 0 saturated carbocycles. The minimum absolute atomic E-state index is 0.00824. The Labute approximate surface area is 71.4 Å². The Hall–Kier alpha value is -0.260. The van der Waals surface area contributed by atoms with Gasteiger partial charge in [0.25, 0.3) is 0 Å². The second kappa shape index (κ2) is 5.40. The summed E-state index contributed by atoms with van der Waals surface area (Å²) in [6, 6.07) is -0.816. The summed E-state index contributed by atoms with van der Waals surface area (Å²) in [7, 11) is 0. The van der Waals surface area contributed by atoms with Crippen molar-refractivity contribution < 1.29 is 9.90 Å². The zero-order valence-corrected chi connectivity index (χ0v) is 7.13. The molecule has 0 aliphatic carbocycles. The molecule has 0 fully saturated rings. The molecule has 2 atom stereocenters. The van der Waals surface area contributed by atoms with E-state index in [0.29, 0.717) is 19.4 Å². The first-order valence-corrected chi connectivity index (χ1v) is 3.96. The molecule has 0 heterocycles. The molecule has 0 amide bonds. The molecule has 0 unspecified atom stereocenters. The number of aliphatic carboxylic acids is 1. The van der Waals surface area contributed by atoms with E-state index < -0.39 is 12.0 Å². The van der Waals surface area contributed by atoms with Gasteiger partial charge in [0.15, 0.2) is 0 Å². The van der Waals surface area contributed by atoms with Crippen molar-refractivity contribution in [3.8, 4) is 0 Å². The molecule has 66 valence electrons. The molecule has 0 aromatic rings. The van der Waals surface area contributed by atoms with E-state index in [4.69, 9.17) is 16.6 Å². The highest BCUT2D eigenvalue weighted by molar-refractivity contribution is 7.80. The van der Waals surface area contributed by atoms with Gasteiger partial charge < -0.3 is 16.6 Å². The van der Waals surface area contributed by atoms with E-state index >= 15 is 0 Å². The van der Waals surface area contributed by atoms with Gasteiger partial charge in [-0.1, -0.05) is 0 Å². The summed E-state index contributed by atoms with van der Waals surface area (Å²) in [5, 5.41) is 8.40. The van der Waals surface area contributed by atoms with Crippen LogP contribution < -0.4 is 11.5 Å². The van der Waals surface area contributed by atoms with E-state index in [2.05, 4.69) is 12.6 Å². The Morgan fingerprint density at radius 3 is 2.55 bits per heavy atom. The third-order valence-corrected chi connectivity index (χ3v) is 1.81. The second-order valence-corrected chi connectivity index (χ2v) is 3.14. The van der Waals surface area contributed by atoms with Gasteiger partial charge in [-0.05, 0) is 19.4 Å². The van der Waals surface area contributed by atoms with Crippen molar-refractivity contribution in [2.75, 3.05) is 6.54 Å². The van der Waals surface area contributed by atoms with E-state index in [9.17, 15) is 4.79 Å². The molecule has 0 bridgehead atoms. The van der Waals surface area contributed by atoms with E-state index in [1.165, 1.54) is 0 Å². The van der Waals surface area contributed by atoms with Crippen molar-refractivity contribution in [1.29, 1.82) is 0 Å². The number of hydrogen-bond acceptors (Lipinski definition) is 4. The topological polar surface area (TPSA) is 89.3 Å². The van der Waals surface area contributed by atoms with Crippen LogP contribution in [0.4, 0.5) is 0 Å². The molecule has 0 rings (SSSR count). The van der Waals surface area contributed by atoms with Crippen LogP contribution >= 0.6 is 12.6 Å². The van der Waals surface area contributed by atoms with E-state index in [0.717, 1.165) is 0 Å². The van der Waals surface area contributed by atoms with Crippen molar-refractivity contribution >= 4 is 18.6 Å². The van der Waals surface area contributed by atoms with E-state index in [-0.39, 0.29) is 5.25 Å². The fourth-order valence-electron chi connectivity index (χ4n) is 0.704. The van der Waals surface area contributed by atoms with Gasteiger partial charge in [-0.15, -0.1) is 0 Å². The number of thiol groups is 1. The molecular weight excluding hydrogens is 164 g/mol. The first-order valence-electron chi connectivity index (χ1n) is 3.44. The quantitative estimate of drug-likeness (QED) is 0.425. The maximum absolute atomic E-state index is 10.2. The summed E-state index contributed by atoms with van der Waals surface area (Å²) < 4.78 is 0. The summed E-state index contributed by atoms with van der Waals surface area (Å²) in [5.41, 5.74) is 10.5. The number of nitrogens with two attached hydrogens (primary N) is 2. The van der Waals surface area contributed by atoms with Crippen LogP contribution in [-0.4, -0.2) is 28.9 Å². The highest BCUT2D eigenvalue weighted by Gasteiger charge is 2.15. The number of hydrogen-bond donors (Lipinski definition) is 4. The highest BCUT2D eigenvalue weighted by Crippen LogP contribution is 2.07. The average molecular weight is 178 g/mol. The van der Waals surface area contributed by atoms with Gasteiger partial charge in [0.2, 0.25) is 0 Å². The van der Waals surface area contributed by atoms with Crippen molar-refractivity contribution in [3.63, 3.8) is 0 Å². The predicted octanol–water partition coefficient (Wildman–Crippen LogP) is -0.564. The van der Waals surface area contributed by atoms with Crippen LogP contribution in [0.1, 0.15) is 12.8 Å². The molecule has 5 N–H and O–H groups in total. The second-order valence-electron chi connectivity index (χ2n) is 2.41. The molecule has 4 nitrogen and oxygen atoms in total. The van der Waals surface area contributed by atoms with Crippen molar-refractivity contribution in [2.24, 2.45) is 11.5 Å². The van der Waals surface area contributed by atoms with Crippen LogP contribution in [0, 0.1) is 0 Å². The van der Waals surface area contributed by atoms with Gasteiger partial charge in [0.05, 0.1) is 0 Å². The standard InChI is InChI=1S/C6H14N2O2S/c7-2-1-4(11)3-5(8)6(9)10/h4-5,11H,1-3,7-8H2,(H,9,10)/t4-,5-/m0/s1. The maximum atomic E-state index is 10.2. The molecule has 0 aliphatic rings. The average Bonchev–Trinajstić information content (AvgIpc) is 1.87. The van der Waals surface area contributed by atoms with Crippen LogP contribution in [0.3, 0.4) is 0 Å². The first-order chi connectivity index (χ1) is 5.07. The lowest BCUT2D eigenvalue weighted by molar-refractivity contribution is -0.138. The summed E-state index contributed by atoms with van der Waals surface area (Å²) in [6.07, 6.45) is 1.07. The van der Waals surface area contributed by atoms with Gasteiger partial charge in [-0.2, -0.15) is 12.6 Å². The van der Waals surface area contributed by atoms with E-state index in [1.54, 1.807) is 0 Å². The molecule has 0 spiro atoms. The van der Waals surface area contributed by atoms with Crippen molar-refractivity contribution in [1.82, 2.24) is 0 Å². The smallest absolute Gasteiger partial charge is 0.320 e. The van der Waals surface area contributed by atoms with Gasteiger partial charge in [0, 0.05) is 5.25 Å². The fourth-order valence-corrected chi connectivity index (χ4v) is 1.08. The SMILES string of the molecule is NCC[C@H](S)C[C@H](N)C(=O)O. The Bertz CT molecular complexity index is 132. The Morgan fingerprint density at radius 1 is 1.64 bits per heavy atom. The van der Waals surface area contributed by atoms with Crippen LogP contribution in [0.25, 0.3) is 0 Å². The molecule has 0 radical (unpaired) electrons. The van der Waals surface area contributed by atoms with Crippen molar-refractivity contribution in [3.05, 3.63) is 0 Å². The molecule has 0 saturated heterocycles. The van der Waals surface area contributed by atoms with Crippen LogP contribution in [0.5, 0.6) is 0 Å². The molecule has 0 aliphatic heterocycles. The maximum Gasteiger partial charge on any atom is 0.320 e. The van der Waals surface area contributed by atoms with Gasteiger partial charge in [-0.3, -0.25) is 4.79 Å². The number of carboxylic acids is 1. The number of carbonyl (C=O) groups is 1. The monoisotopic (exact) mass is 178 g/mol. The first kappa shape index (κ1) is 10.7. The lowest BCUT2D eigenvalue weighted by Crippen LogP contribution is -2.33. The molecule has 0 aromatic carbocycles. The predicted molar refractivity (Wildman–Crippen MR) is 46.7 cm³/mol. The largest absolute Gasteiger partial charge is 0.480 e. The fraction of sp³-hybridized carbons (Fsp3) is 0.833. The van der Waals surface area contributed by atoms with Gasteiger partial charge >= 0.3 is 5.97 Å². The van der Waals surface area contributed by atoms with Gasteiger partial charge in [-0.25, -0.2) is 0 Å². The number of carboxylic acid groups (broad SMARTS) is 1. The highest BCUT2D eigenvalue weighted by atomic mass is 32.1. The third kappa shape index (κ3) is 5.06. The number of rotatable bonds is 5. The molecule has 0 aromatic heterocycles. The minimum Gasteiger partial charge on any atom is -0.480 e. The third-order valence-electron chi connectivity index (χ3n) is 1.34. The van der Waals surface area contributed by atoms with E-state index in [1.807, 2.05) is 0 Å². The zero-order valence-electron chi connectivity index (χ0n) is 6.23. The lowest BCUT2D eigenvalue weighted by atomic mass is 10.1. The Balaban J connectivity index is 3.56. The van der Waals surface area contributed by atoms with Gasteiger partial charge in [0.1, 0.15) is 6.04 Å². The van der Waals surface area contributed by atoms with Crippen LogP contribution in [-0.2, 0) is 4.79 Å². The summed E-state index contributed by atoms with van der Waals surface area (Å²) in [6.45, 7) is 0.514.